The SMILES string of the molecule is O=C(CC1NC(=O)N(Cc2ccccc2)C1=O)NCCc1cnc[nH]1. The summed E-state index contributed by atoms with van der Waals surface area (Å²) in [5.41, 5.74) is 1.77. The topological polar surface area (TPSA) is 107 Å². The zero-order chi connectivity index (χ0) is 17.6. The van der Waals surface area contributed by atoms with Crippen LogP contribution >= 0.6 is 0 Å². The van der Waals surface area contributed by atoms with Crippen LogP contribution in [0, 0.1) is 0 Å². The van der Waals surface area contributed by atoms with Crippen LogP contribution in [-0.2, 0) is 22.6 Å². The molecule has 2 heterocycles. The molecule has 3 N–H and O–H groups in total. The van der Waals surface area contributed by atoms with Crippen LogP contribution in [0.25, 0.3) is 0 Å². The molecule has 130 valence electrons. The molecule has 2 aromatic rings. The van der Waals surface area contributed by atoms with Gasteiger partial charge < -0.3 is 15.6 Å². The third-order valence-corrected chi connectivity index (χ3v) is 3.95. The number of rotatable bonds is 7. The van der Waals surface area contributed by atoms with Gasteiger partial charge in [0, 0.05) is 24.9 Å². The van der Waals surface area contributed by atoms with Gasteiger partial charge in [-0.25, -0.2) is 9.78 Å². The van der Waals surface area contributed by atoms with Crippen molar-refractivity contribution in [1.82, 2.24) is 25.5 Å². The van der Waals surface area contributed by atoms with Crippen LogP contribution in [0.4, 0.5) is 4.79 Å². The van der Waals surface area contributed by atoms with Crippen molar-refractivity contribution in [3.05, 3.63) is 54.1 Å². The number of aromatic amines is 1. The van der Waals surface area contributed by atoms with Crippen LogP contribution in [0.2, 0.25) is 0 Å². The molecule has 1 aliphatic heterocycles. The molecule has 25 heavy (non-hydrogen) atoms. The number of hydrogen-bond donors (Lipinski definition) is 3. The quantitative estimate of drug-likeness (QED) is 0.640. The standard InChI is InChI=1S/C17H19N5O3/c23-15(19-7-6-13-9-18-11-20-13)8-14-16(24)22(17(25)21-14)10-12-4-2-1-3-5-12/h1-5,9,11,14H,6-8,10H2,(H,18,20)(H,19,23)(H,21,25). The Morgan fingerprint density at radius 1 is 1.24 bits per heavy atom. The summed E-state index contributed by atoms with van der Waals surface area (Å²) in [5, 5.41) is 5.31. The van der Waals surface area contributed by atoms with E-state index in [1.807, 2.05) is 30.3 Å². The fraction of sp³-hybridized carbons (Fsp3) is 0.294. The molecule has 8 heteroatoms. The fourth-order valence-corrected chi connectivity index (χ4v) is 2.65. The minimum Gasteiger partial charge on any atom is -0.356 e. The van der Waals surface area contributed by atoms with Crippen LogP contribution < -0.4 is 10.6 Å². The Morgan fingerprint density at radius 3 is 2.76 bits per heavy atom. The molecule has 0 aliphatic carbocycles. The zero-order valence-corrected chi connectivity index (χ0v) is 13.6. The van der Waals surface area contributed by atoms with Crippen LogP contribution in [0.5, 0.6) is 0 Å². The van der Waals surface area contributed by atoms with Crippen molar-refractivity contribution < 1.29 is 14.4 Å². The Kier molecular flexibility index (Phi) is 5.08. The van der Waals surface area contributed by atoms with E-state index in [2.05, 4.69) is 20.6 Å². The van der Waals surface area contributed by atoms with Gasteiger partial charge in [-0.3, -0.25) is 14.5 Å². The normalized spacial score (nSPS) is 16.8. The molecule has 1 unspecified atom stereocenters. The Morgan fingerprint density at radius 2 is 2.04 bits per heavy atom. The van der Waals surface area contributed by atoms with E-state index in [1.54, 1.807) is 12.5 Å². The molecule has 0 saturated carbocycles. The largest absolute Gasteiger partial charge is 0.356 e. The van der Waals surface area contributed by atoms with Crippen LogP contribution in [0.3, 0.4) is 0 Å². The number of H-pyrrole nitrogens is 1. The predicted molar refractivity (Wildman–Crippen MR) is 89.2 cm³/mol. The minimum atomic E-state index is -0.816. The number of aromatic nitrogens is 2. The molecule has 1 saturated heterocycles. The first kappa shape index (κ1) is 16.7. The van der Waals surface area contributed by atoms with Gasteiger partial charge in [0.2, 0.25) is 5.91 Å². The number of carbonyl (C=O) groups excluding carboxylic acids is 3. The Hall–Kier alpha value is -3.16. The number of imide groups is 1. The molecular formula is C17H19N5O3. The second kappa shape index (κ2) is 7.61. The maximum atomic E-state index is 12.4. The molecule has 1 aliphatic rings. The summed E-state index contributed by atoms with van der Waals surface area (Å²) < 4.78 is 0. The smallest absolute Gasteiger partial charge is 0.325 e. The maximum absolute atomic E-state index is 12.4. The first-order valence-electron chi connectivity index (χ1n) is 8.03. The van der Waals surface area contributed by atoms with Crippen molar-refractivity contribution >= 4 is 17.8 Å². The number of benzene rings is 1. The summed E-state index contributed by atoms with van der Waals surface area (Å²) in [6, 6.07) is 7.96. The van der Waals surface area contributed by atoms with Crippen LogP contribution in [-0.4, -0.2) is 45.3 Å². The van der Waals surface area contributed by atoms with Crippen molar-refractivity contribution in [3.8, 4) is 0 Å². The lowest BCUT2D eigenvalue weighted by molar-refractivity contribution is -0.131. The minimum absolute atomic E-state index is 0.0706. The maximum Gasteiger partial charge on any atom is 0.325 e. The lowest BCUT2D eigenvalue weighted by Crippen LogP contribution is -2.37. The van der Waals surface area contributed by atoms with Crippen molar-refractivity contribution in [2.45, 2.75) is 25.4 Å². The van der Waals surface area contributed by atoms with Crippen molar-refractivity contribution in [1.29, 1.82) is 0 Å². The van der Waals surface area contributed by atoms with E-state index in [0.29, 0.717) is 13.0 Å². The van der Waals surface area contributed by atoms with Crippen molar-refractivity contribution in [3.63, 3.8) is 0 Å². The van der Waals surface area contributed by atoms with E-state index in [9.17, 15) is 14.4 Å². The van der Waals surface area contributed by atoms with Crippen LogP contribution in [0.1, 0.15) is 17.7 Å². The monoisotopic (exact) mass is 341 g/mol. The van der Waals surface area contributed by atoms with Crippen LogP contribution in [0.15, 0.2) is 42.9 Å². The molecule has 3 rings (SSSR count). The molecular weight excluding hydrogens is 322 g/mol. The Labute approximate surface area is 144 Å². The van der Waals surface area contributed by atoms with Gasteiger partial charge in [0.15, 0.2) is 0 Å². The number of imidazole rings is 1. The summed E-state index contributed by atoms with van der Waals surface area (Å²) in [6.45, 7) is 0.632. The van der Waals surface area contributed by atoms with E-state index in [4.69, 9.17) is 0 Å². The molecule has 0 spiro atoms. The van der Waals surface area contributed by atoms with Gasteiger partial charge in [0.05, 0.1) is 19.3 Å². The Balaban J connectivity index is 1.48. The second-order valence-corrected chi connectivity index (χ2v) is 5.79. The molecule has 1 aromatic carbocycles. The fourth-order valence-electron chi connectivity index (χ4n) is 2.65. The molecule has 0 bridgehead atoms. The highest BCUT2D eigenvalue weighted by Crippen LogP contribution is 2.13. The molecule has 1 fully saturated rings. The predicted octanol–water partition coefficient (Wildman–Crippen LogP) is 0.579. The van der Waals surface area contributed by atoms with E-state index in [0.717, 1.165) is 16.2 Å². The van der Waals surface area contributed by atoms with E-state index in [1.165, 1.54) is 0 Å². The highest BCUT2D eigenvalue weighted by atomic mass is 16.2. The lowest BCUT2D eigenvalue weighted by Gasteiger charge is -2.13. The van der Waals surface area contributed by atoms with Crippen molar-refractivity contribution in [2.24, 2.45) is 0 Å². The third-order valence-electron chi connectivity index (χ3n) is 3.95. The number of carbonyl (C=O) groups is 3. The number of nitrogens with one attached hydrogen (secondary N) is 3. The molecule has 1 atom stereocenters. The average molecular weight is 341 g/mol. The first-order chi connectivity index (χ1) is 12.1. The summed E-state index contributed by atoms with van der Waals surface area (Å²) in [7, 11) is 0. The van der Waals surface area contributed by atoms with Crippen molar-refractivity contribution in [2.75, 3.05) is 6.54 Å². The Bertz CT molecular complexity index is 745. The van der Waals surface area contributed by atoms with Gasteiger partial charge in [0.25, 0.3) is 5.91 Å². The van der Waals surface area contributed by atoms with Gasteiger partial charge in [-0.05, 0) is 5.56 Å². The van der Waals surface area contributed by atoms with Gasteiger partial charge in [0.1, 0.15) is 6.04 Å². The molecule has 8 nitrogen and oxygen atoms in total. The average Bonchev–Trinajstić information content (AvgIpc) is 3.20. The lowest BCUT2D eigenvalue weighted by atomic mass is 10.1. The van der Waals surface area contributed by atoms with E-state index in [-0.39, 0.29) is 24.8 Å². The van der Waals surface area contributed by atoms with Gasteiger partial charge in [-0.15, -0.1) is 0 Å². The number of hydrogen-bond acceptors (Lipinski definition) is 4. The molecule has 4 amide bonds. The van der Waals surface area contributed by atoms with Gasteiger partial charge >= 0.3 is 6.03 Å². The highest BCUT2D eigenvalue weighted by molar-refractivity contribution is 6.05. The molecule has 0 radical (unpaired) electrons. The van der Waals surface area contributed by atoms with E-state index < -0.39 is 12.1 Å². The summed E-state index contributed by atoms with van der Waals surface area (Å²) >= 11 is 0. The highest BCUT2D eigenvalue weighted by Gasteiger charge is 2.38. The number of urea groups is 1. The second-order valence-electron chi connectivity index (χ2n) is 5.79. The number of amides is 4. The van der Waals surface area contributed by atoms with E-state index >= 15 is 0 Å². The first-order valence-corrected chi connectivity index (χ1v) is 8.03. The summed E-state index contributed by atoms with van der Waals surface area (Å²) in [5.74, 6) is -0.655. The molecule has 1 aromatic heterocycles. The van der Waals surface area contributed by atoms with Gasteiger partial charge in [-0.1, -0.05) is 30.3 Å². The zero-order valence-electron chi connectivity index (χ0n) is 13.6. The van der Waals surface area contributed by atoms with Gasteiger partial charge in [-0.2, -0.15) is 0 Å². The summed E-state index contributed by atoms with van der Waals surface area (Å²) in [6.07, 6.45) is 3.81. The third kappa shape index (κ3) is 4.23. The number of nitrogens with zero attached hydrogens (tertiary/aromatic N) is 2. The summed E-state index contributed by atoms with van der Waals surface area (Å²) in [4.78, 5) is 44.3.